The molecule has 0 atom stereocenters. The van der Waals surface area contributed by atoms with E-state index in [1.165, 1.54) is 5.56 Å². The van der Waals surface area contributed by atoms with Crippen molar-refractivity contribution in [2.75, 3.05) is 11.9 Å². The summed E-state index contributed by atoms with van der Waals surface area (Å²) >= 11 is 0. The van der Waals surface area contributed by atoms with Crippen molar-refractivity contribution in [1.29, 1.82) is 0 Å². The molecule has 3 heteroatoms. The van der Waals surface area contributed by atoms with Gasteiger partial charge in [-0.1, -0.05) is 44.5 Å². The van der Waals surface area contributed by atoms with E-state index in [-0.39, 0.29) is 11.3 Å². The number of carbonyl (C=O) groups excluding carboxylic acids is 1. The van der Waals surface area contributed by atoms with Crippen LogP contribution in [0.1, 0.15) is 32.8 Å². The molecule has 1 aromatic heterocycles. The van der Waals surface area contributed by atoms with E-state index in [0.29, 0.717) is 6.42 Å². The number of rotatable bonds is 2. The van der Waals surface area contributed by atoms with Gasteiger partial charge >= 0.3 is 0 Å². The minimum atomic E-state index is -0.0213. The molecule has 0 spiro atoms. The van der Waals surface area contributed by atoms with Gasteiger partial charge in [-0.3, -0.25) is 9.69 Å². The predicted molar refractivity (Wildman–Crippen MR) is 84.0 cm³/mol. The van der Waals surface area contributed by atoms with E-state index in [1.54, 1.807) is 18.1 Å². The maximum Gasteiger partial charge on any atom is 0.228 e. The van der Waals surface area contributed by atoms with Crippen LogP contribution in [0.25, 0.3) is 10.8 Å². The molecule has 2 aromatic rings. The van der Waals surface area contributed by atoms with Crippen LogP contribution >= 0.6 is 0 Å². The normalized spacial score (nSPS) is 11.7. The van der Waals surface area contributed by atoms with Crippen molar-refractivity contribution in [3.05, 3.63) is 36.0 Å². The molecular weight excluding hydrogens is 248 g/mol. The van der Waals surface area contributed by atoms with Crippen molar-refractivity contribution in [3.8, 4) is 0 Å². The first kappa shape index (κ1) is 14.5. The highest BCUT2D eigenvalue weighted by Gasteiger charge is 2.21. The summed E-state index contributed by atoms with van der Waals surface area (Å²) in [5.74, 6) is 0.829. The lowest BCUT2D eigenvalue weighted by atomic mass is 9.91. The molecule has 0 saturated carbocycles. The molecular formula is C17H22N2O. The molecule has 1 amide bonds. The first-order valence-corrected chi connectivity index (χ1v) is 6.90. The number of nitrogens with zero attached hydrogens (tertiary/aromatic N) is 2. The second-order valence-electron chi connectivity index (χ2n) is 6.55. The first-order valence-electron chi connectivity index (χ1n) is 6.90. The Bertz CT molecular complexity index is 641. The molecule has 0 bridgehead atoms. The van der Waals surface area contributed by atoms with Gasteiger partial charge in [-0.2, -0.15) is 0 Å². The van der Waals surface area contributed by atoms with Crippen molar-refractivity contribution >= 4 is 22.5 Å². The zero-order valence-corrected chi connectivity index (χ0v) is 12.9. The van der Waals surface area contributed by atoms with E-state index in [0.717, 1.165) is 16.6 Å². The molecule has 0 N–H and O–H groups in total. The molecule has 0 aliphatic heterocycles. The standard InChI is InChI=1S/C17H22N2O/c1-12-6-7-14-13(10-12)8-9-18-16(14)19(5)15(20)11-17(2,3)4/h6-10H,11H2,1-5H3. The number of aromatic nitrogens is 1. The number of benzene rings is 1. The second-order valence-corrected chi connectivity index (χ2v) is 6.55. The van der Waals surface area contributed by atoms with Crippen molar-refractivity contribution in [1.82, 2.24) is 4.98 Å². The summed E-state index contributed by atoms with van der Waals surface area (Å²) in [6, 6.07) is 8.18. The van der Waals surface area contributed by atoms with Gasteiger partial charge < -0.3 is 0 Å². The van der Waals surface area contributed by atoms with Gasteiger partial charge in [0, 0.05) is 25.1 Å². The van der Waals surface area contributed by atoms with Gasteiger partial charge in [0.25, 0.3) is 0 Å². The number of amides is 1. The molecule has 0 radical (unpaired) electrons. The lowest BCUT2D eigenvalue weighted by Gasteiger charge is -2.23. The van der Waals surface area contributed by atoms with Gasteiger partial charge in [-0.15, -0.1) is 0 Å². The van der Waals surface area contributed by atoms with E-state index >= 15 is 0 Å². The summed E-state index contributed by atoms with van der Waals surface area (Å²) < 4.78 is 0. The summed E-state index contributed by atoms with van der Waals surface area (Å²) in [5, 5.41) is 2.13. The Kier molecular flexibility index (Phi) is 3.80. The van der Waals surface area contributed by atoms with Gasteiger partial charge in [0.05, 0.1) is 0 Å². The highest BCUT2D eigenvalue weighted by Crippen LogP contribution is 2.27. The SMILES string of the molecule is Cc1ccc2c(N(C)C(=O)CC(C)(C)C)nccc2c1. The summed E-state index contributed by atoms with van der Waals surface area (Å²) in [6.07, 6.45) is 2.27. The highest BCUT2D eigenvalue weighted by atomic mass is 16.2. The number of fused-ring (bicyclic) bond motifs is 1. The van der Waals surface area contributed by atoms with Crippen LogP contribution in [0.5, 0.6) is 0 Å². The smallest absolute Gasteiger partial charge is 0.228 e. The van der Waals surface area contributed by atoms with Crippen molar-refractivity contribution in [2.45, 2.75) is 34.1 Å². The molecule has 1 aromatic carbocycles. The van der Waals surface area contributed by atoms with Crippen LogP contribution in [0.4, 0.5) is 5.82 Å². The average molecular weight is 270 g/mol. The number of hydrogen-bond donors (Lipinski definition) is 0. The van der Waals surface area contributed by atoms with Gasteiger partial charge in [-0.25, -0.2) is 4.98 Å². The molecule has 0 aliphatic rings. The molecule has 0 aliphatic carbocycles. The van der Waals surface area contributed by atoms with Crippen LogP contribution in [0.2, 0.25) is 0 Å². The third kappa shape index (κ3) is 3.16. The van der Waals surface area contributed by atoms with Gasteiger partial charge in [-0.05, 0) is 23.8 Å². The van der Waals surface area contributed by atoms with Crippen molar-refractivity contribution in [3.63, 3.8) is 0 Å². The highest BCUT2D eigenvalue weighted by molar-refractivity contribution is 6.01. The fraction of sp³-hybridized carbons (Fsp3) is 0.412. The first-order chi connectivity index (χ1) is 9.28. The molecule has 1 heterocycles. The average Bonchev–Trinajstić information content (AvgIpc) is 2.34. The van der Waals surface area contributed by atoms with E-state index < -0.39 is 0 Å². The van der Waals surface area contributed by atoms with Crippen molar-refractivity contribution in [2.24, 2.45) is 5.41 Å². The molecule has 0 unspecified atom stereocenters. The number of anilines is 1. The Morgan fingerprint density at radius 2 is 1.95 bits per heavy atom. The van der Waals surface area contributed by atoms with E-state index in [4.69, 9.17) is 0 Å². The molecule has 0 fully saturated rings. The van der Waals surface area contributed by atoms with Gasteiger partial charge in [0.15, 0.2) is 0 Å². The zero-order valence-electron chi connectivity index (χ0n) is 12.9. The summed E-state index contributed by atoms with van der Waals surface area (Å²) in [5.41, 5.74) is 1.19. The molecule has 2 rings (SSSR count). The minimum absolute atomic E-state index is 0.0213. The second kappa shape index (κ2) is 5.23. The van der Waals surface area contributed by atoms with E-state index in [2.05, 4.69) is 44.8 Å². The largest absolute Gasteiger partial charge is 0.299 e. The molecule has 3 nitrogen and oxygen atoms in total. The van der Waals surface area contributed by atoms with Crippen LogP contribution in [-0.4, -0.2) is 17.9 Å². The predicted octanol–water partition coefficient (Wildman–Crippen LogP) is 3.94. The lowest BCUT2D eigenvalue weighted by Crippen LogP contribution is -2.30. The quantitative estimate of drug-likeness (QED) is 0.828. The Morgan fingerprint density at radius 3 is 2.60 bits per heavy atom. The van der Waals surface area contributed by atoms with Crippen LogP contribution in [0.15, 0.2) is 30.5 Å². The zero-order chi connectivity index (χ0) is 14.9. The Morgan fingerprint density at radius 1 is 1.25 bits per heavy atom. The van der Waals surface area contributed by atoms with Gasteiger partial charge in [0.1, 0.15) is 5.82 Å². The fourth-order valence-electron chi connectivity index (χ4n) is 2.24. The third-order valence-corrected chi connectivity index (χ3v) is 3.27. The molecule has 0 saturated heterocycles. The maximum atomic E-state index is 12.4. The van der Waals surface area contributed by atoms with Crippen LogP contribution in [-0.2, 0) is 4.79 Å². The van der Waals surface area contributed by atoms with E-state index in [1.807, 2.05) is 12.1 Å². The third-order valence-electron chi connectivity index (χ3n) is 3.27. The number of hydrogen-bond acceptors (Lipinski definition) is 2. The molecule has 106 valence electrons. The fourth-order valence-corrected chi connectivity index (χ4v) is 2.24. The lowest BCUT2D eigenvalue weighted by molar-refractivity contribution is -0.120. The van der Waals surface area contributed by atoms with E-state index in [9.17, 15) is 4.79 Å². The summed E-state index contributed by atoms with van der Waals surface area (Å²) in [7, 11) is 1.80. The maximum absolute atomic E-state index is 12.4. The topological polar surface area (TPSA) is 33.2 Å². The van der Waals surface area contributed by atoms with Crippen LogP contribution < -0.4 is 4.90 Å². The molecule has 20 heavy (non-hydrogen) atoms. The Balaban J connectivity index is 2.40. The van der Waals surface area contributed by atoms with Crippen LogP contribution in [0, 0.1) is 12.3 Å². The monoisotopic (exact) mass is 270 g/mol. The van der Waals surface area contributed by atoms with Gasteiger partial charge in [0.2, 0.25) is 5.91 Å². The Labute approximate surface area is 120 Å². The summed E-state index contributed by atoms with van der Waals surface area (Å²) in [6.45, 7) is 8.27. The number of pyridine rings is 1. The Hall–Kier alpha value is -1.90. The number of aryl methyl sites for hydroxylation is 1. The summed E-state index contributed by atoms with van der Waals surface area (Å²) in [4.78, 5) is 18.4. The number of carbonyl (C=O) groups is 1. The minimum Gasteiger partial charge on any atom is -0.299 e. The van der Waals surface area contributed by atoms with Crippen molar-refractivity contribution < 1.29 is 4.79 Å². The van der Waals surface area contributed by atoms with Crippen LogP contribution in [0.3, 0.4) is 0 Å².